The summed E-state index contributed by atoms with van der Waals surface area (Å²) in [6, 6.07) is 8.68. The Morgan fingerprint density at radius 1 is 1.30 bits per heavy atom. The SMILES string of the molecule is CC1(C)Cc2ccccc2N1Cc1cn(C[C@H]2CCOC2)nn1. The summed E-state index contributed by atoms with van der Waals surface area (Å²) < 4.78 is 7.42. The lowest BCUT2D eigenvalue weighted by atomic mass is 9.99. The minimum atomic E-state index is 0.118. The van der Waals surface area contributed by atoms with Gasteiger partial charge in [-0.2, -0.15) is 0 Å². The highest BCUT2D eigenvalue weighted by atomic mass is 16.5. The number of hydrogen-bond acceptors (Lipinski definition) is 4. The largest absolute Gasteiger partial charge is 0.381 e. The predicted molar refractivity (Wildman–Crippen MR) is 89.4 cm³/mol. The maximum Gasteiger partial charge on any atom is 0.102 e. The van der Waals surface area contributed by atoms with Gasteiger partial charge in [-0.25, -0.2) is 0 Å². The Labute approximate surface area is 137 Å². The molecule has 1 aromatic heterocycles. The van der Waals surface area contributed by atoms with Gasteiger partial charge in [0.2, 0.25) is 0 Å². The Morgan fingerprint density at radius 2 is 2.17 bits per heavy atom. The van der Waals surface area contributed by atoms with Gasteiger partial charge in [-0.1, -0.05) is 23.4 Å². The second-order valence-corrected chi connectivity index (χ2v) is 7.37. The summed E-state index contributed by atoms with van der Waals surface area (Å²) in [4.78, 5) is 2.45. The number of aromatic nitrogens is 3. The number of benzene rings is 1. The van der Waals surface area contributed by atoms with E-state index in [1.165, 1.54) is 11.3 Å². The van der Waals surface area contributed by atoms with Crippen molar-refractivity contribution in [3.63, 3.8) is 0 Å². The first kappa shape index (κ1) is 14.7. The third-order valence-corrected chi connectivity index (χ3v) is 5.01. The van der Waals surface area contributed by atoms with Gasteiger partial charge in [0.05, 0.1) is 19.3 Å². The third kappa shape index (κ3) is 2.85. The third-order valence-electron chi connectivity index (χ3n) is 5.01. The van der Waals surface area contributed by atoms with Crippen molar-refractivity contribution in [1.29, 1.82) is 0 Å². The molecule has 4 rings (SSSR count). The van der Waals surface area contributed by atoms with E-state index in [4.69, 9.17) is 4.74 Å². The molecule has 5 nitrogen and oxygen atoms in total. The van der Waals surface area contributed by atoms with E-state index in [1.54, 1.807) is 0 Å². The molecule has 0 aliphatic carbocycles. The van der Waals surface area contributed by atoms with Gasteiger partial charge >= 0.3 is 0 Å². The highest BCUT2D eigenvalue weighted by molar-refractivity contribution is 5.61. The Morgan fingerprint density at radius 3 is 3.00 bits per heavy atom. The zero-order valence-corrected chi connectivity index (χ0v) is 13.9. The molecule has 3 heterocycles. The average molecular weight is 312 g/mol. The molecule has 5 heteroatoms. The van der Waals surface area contributed by atoms with Crippen LogP contribution >= 0.6 is 0 Å². The molecule has 0 saturated carbocycles. The van der Waals surface area contributed by atoms with Gasteiger partial charge in [-0.05, 0) is 38.3 Å². The Kier molecular flexibility index (Phi) is 3.60. The number of rotatable bonds is 4. The van der Waals surface area contributed by atoms with Crippen molar-refractivity contribution in [1.82, 2.24) is 15.0 Å². The molecule has 0 amide bonds. The molecule has 0 N–H and O–H groups in total. The molecule has 2 aromatic rings. The van der Waals surface area contributed by atoms with Crippen LogP contribution < -0.4 is 4.90 Å². The lowest BCUT2D eigenvalue weighted by Gasteiger charge is -2.33. The summed E-state index contributed by atoms with van der Waals surface area (Å²) in [5.74, 6) is 0.577. The molecule has 0 bridgehead atoms. The molecular formula is C18H24N4O. The topological polar surface area (TPSA) is 43.2 Å². The Balaban J connectivity index is 1.50. The molecule has 0 radical (unpaired) electrons. The molecule has 2 aliphatic heterocycles. The van der Waals surface area contributed by atoms with Crippen molar-refractivity contribution in [3.05, 3.63) is 41.7 Å². The fourth-order valence-corrected chi connectivity index (χ4v) is 3.76. The molecule has 1 fully saturated rings. The Hall–Kier alpha value is -1.88. The zero-order chi connectivity index (χ0) is 15.9. The number of fused-ring (bicyclic) bond motifs is 1. The minimum absolute atomic E-state index is 0.118. The van der Waals surface area contributed by atoms with Crippen LogP contribution in [-0.2, 0) is 24.2 Å². The fraction of sp³-hybridized carbons (Fsp3) is 0.556. The lowest BCUT2D eigenvalue weighted by molar-refractivity contribution is 0.181. The van der Waals surface area contributed by atoms with E-state index >= 15 is 0 Å². The van der Waals surface area contributed by atoms with E-state index in [2.05, 4.69) is 59.5 Å². The van der Waals surface area contributed by atoms with Crippen molar-refractivity contribution in [2.75, 3.05) is 18.1 Å². The van der Waals surface area contributed by atoms with Gasteiger partial charge in [-0.3, -0.25) is 4.68 Å². The van der Waals surface area contributed by atoms with Gasteiger partial charge < -0.3 is 9.64 Å². The maximum atomic E-state index is 5.44. The molecule has 1 aromatic carbocycles. The second-order valence-electron chi connectivity index (χ2n) is 7.37. The van der Waals surface area contributed by atoms with Crippen LogP contribution in [0.3, 0.4) is 0 Å². The number of ether oxygens (including phenoxy) is 1. The standard InChI is InChI=1S/C18H24N4O/c1-18(2)9-15-5-3-4-6-17(15)22(18)12-16-11-21(20-19-16)10-14-7-8-23-13-14/h3-6,11,14H,7-10,12-13H2,1-2H3/t14-/m1/s1. The minimum Gasteiger partial charge on any atom is -0.381 e. The zero-order valence-electron chi connectivity index (χ0n) is 13.9. The van der Waals surface area contributed by atoms with E-state index < -0.39 is 0 Å². The number of hydrogen-bond donors (Lipinski definition) is 0. The van der Waals surface area contributed by atoms with E-state index in [1.807, 2.05) is 4.68 Å². The number of para-hydroxylation sites is 1. The van der Waals surface area contributed by atoms with Crippen molar-refractivity contribution in [2.24, 2.45) is 5.92 Å². The van der Waals surface area contributed by atoms with Crippen LogP contribution in [0.2, 0.25) is 0 Å². The lowest BCUT2D eigenvalue weighted by Crippen LogP contribution is -2.40. The van der Waals surface area contributed by atoms with Gasteiger partial charge in [0.1, 0.15) is 5.69 Å². The molecular weight excluding hydrogens is 288 g/mol. The first-order chi connectivity index (χ1) is 11.1. The maximum absolute atomic E-state index is 5.44. The van der Waals surface area contributed by atoms with E-state index in [0.29, 0.717) is 5.92 Å². The van der Waals surface area contributed by atoms with Crippen molar-refractivity contribution in [2.45, 2.75) is 45.3 Å². The number of nitrogens with zero attached hydrogens (tertiary/aromatic N) is 4. The molecule has 1 atom stereocenters. The number of anilines is 1. The predicted octanol–water partition coefficient (Wildman–Crippen LogP) is 2.66. The van der Waals surface area contributed by atoms with Crippen LogP contribution in [0.1, 0.15) is 31.5 Å². The molecule has 0 spiro atoms. The molecule has 2 aliphatic rings. The molecule has 1 saturated heterocycles. The summed E-state index contributed by atoms with van der Waals surface area (Å²) in [7, 11) is 0. The summed E-state index contributed by atoms with van der Waals surface area (Å²) in [6.45, 7) is 8.05. The van der Waals surface area contributed by atoms with E-state index in [-0.39, 0.29) is 5.54 Å². The monoisotopic (exact) mass is 312 g/mol. The fourth-order valence-electron chi connectivity index (χ4n) is 3.76. The summed E-state index contributed by atoms with van der Waals surface area (Å²) >= 11 is 0. The molecule has 23 heavy (non-hydrogen) atoms. The van der Waals surface area contributed by atoms with Crippen LogP contribution in [0.4, 0.5) is 5.69 Å². The summed E-state index contributed by atoms with van der Waals surface area (Å²) in [5.41, 5.74) is 3.91. The Bertz CT molecular complexity index is 688. The van der Waals surface area contributed by atoms with Crippen molar-refractivity contribution < 1.29 is 4.74 Å². The highest BCUT2D eigenvalue weighted by Crippen LogP contribution is 2.39. The van der Waals surface area contributed by atoms with E-state index in [0.717, 1.165) is 44.8 Å². The van der Waals surface area contributed by atoms with Crippen LogP contribution in [-0.4, -0.2) is 33.7 Å². The average Bonchev–Trinajstić information content (AvgIpc) is 3.22. The smallest absolute Gasteiger partial charge is 0.102 e. The van der Waals surface area contributed by atoms with Gasteiger partial charge in [0, 0.05) is 30.3 Å². The highest BCUT2D eigenvalue weighted by Gasteiger charge is 2.35. The quantitative estimate of drug-likeness (QED) is 0.870. The van der Waals surface area contributed by atoms with Gasteiger partial charge in [0.15, 0.2) is 0 Å². The molecule has 122 valence electrons. The molecule has 0 unspecified atom stereocenters. The normalized spacial score (nSPS) is 22.5. The van der Waals surface area contributed by atoms with Crippen molar-refractivity contribution in [3.8, 4) is 0 Å². The van der Waals surface area contributed by atoms with Crippen LogP contribution in [0.5, 0.6) is 0 Å². The van der Waals surface area contributed by atoms with Crippen LogP contribution in [0.15, 0.2) is 30.5 Å². The second kappa shape index (κ2) is 5.64. The van der Waals surface area contributed by atoms with Crippen LogP contribution in [0.25, 0.3) is 0 Å². The first-order valence-electron chi connectivity index (χ1n) is 8.44. The summed E-state index contributed by atoms with van der Waals surface area (Å²) in [5, 5.41) is 8.70. The summed E-state index contributed by atoms with van der Waals surface area (Å²) in [6.07, 6.45) is 4.30. The van der Waals surface area contributed by atoms with Gasteiger partial charge in [0.25, 0.3) is 0 Å². The van der Waals surface area contributed by atoms with E-state index in [9.17, 15) is 0 Å². The van der Waals surface area contributed by atoms with Crippen LogP contribution in [0, 0.1) is 5.92 Å². The van der Waals surface area contributed by atoms with Crippen molar-refractivity contribution >= 4 is 5.69 Å². The van der Waals surface area contributed by atoms with Gasteiger partial charge in [-0.15, -0.1) is 5.10 Å². The first-order valence-corrected chi connectivity index (χ1v) is 8.44.